The van der Waals surface area contributed by atoms with E-state index >= 15 is 0 Å². The van der Waals surface area contributed by atoms with Crippen molar-refractivity contribution in [3.05, 3.63) is 41.3 Å². The number of rotatable bonds is 5. The second kappa shape index (κ2) is 12.1. The van der Waals surface area contributed by atoms with Crippen LogP contribution in [0.15, 0.2) is 24.4 Å². The molecule has 2 bridgehead atoms. The third-order valence-electron chi connectivity index (χ3n) is 9.02. The summed E-state index contributed by atoms with van der Waals surface area (Å²) in [6.07, 6.45) is 10.7. The van der Waals surface area contributed by atoms with Crippen LogP contribution in [0.3, 0.4) is 0 Å². The van der Waals surface area contributed by atoms with Gasteiger partial charge >= 0.3 is 0 Å². The Morgan fingerprint density at radius 3 is 2.89 bits per heavy atom. The van der Waals surface area contributed by atoms with Crippen LogP contribution in [0.25, 0.3) is 34.2 Å². The maximum Gasteiger partial charge on any atom is 0.241 e. The summed E-state index contributed by atoms with van der Waals surface area (Å²) in [5.74, 6) is 1.10. The molecule has 3 aliphatic heterocycles. The third kappa shape index (κ3) is 5.15. The van der Waals surface area contributed by atoms with Gasteiger partial charge in [-0.15, -0.1) is 5.10 Å². The number of nitrogens with zero attached hydrogens (tertiary/aromatic N) is 8. The first kappa shape index (κ1) is 28.6. The lowest BCUT2D eigenvalue weighted by Crippen LogP contribution is -2.41. The smallest absolute Gasteiger partial charge is 0.241 e. The van der Waals surface area contributed by atoms with Gasteiger partial charge in [-0.2, -0.15) is 15.5 Å². The summed E-state index contributed by atoms with van der Waals surface area (Å²) in [5.41, 5.74) is 5.41. The number of aliphatic hydroxyl groups is 1. The van der Waals surface area contributed by atoms with Crippen LogP contribution in [0.1, 0.15) is 62.2 Å². The van der Waals surface area contributed by atoms with Crippen molar-refractivity contribution in [2.45, 2.75) is 70.5 Å². The second-order valence-corrected chi connectivity index (χ2v) is 11.8. The zero-order chi connectivity index (χ0) is 30.2. The lowest BCUT2D eigenvalue weighted by Gasteiger charge is -2.30. The molecule has 7 rings (SSSR count). The largest absolute Gasteiger partial charge is 0.473 e. The van der Waals surface area contributed by atoms with Gasteiger partial charge in [-0.1, -0.05) is 6.07 Å². The highest BCUT2D eigenvalue weighted by Gasteiger charge is 2.34. The van der Waals surface area contributed by atoms with Crippen LogP contribution >= 0.6 is 0 Å². The molecule has 0 aliphatic carbocycles. The Labute approximate surface area is 256 Å². The minimum absolute atomic E-state index is 0.0685. The highest BCUT2D eigenvalue weighted by atomic mass is 16.5. The zero-order valence-electron chi connectivity index (χ0n) is 25.2. The lowest BCUT2D eigenvalue weighted by molar-refractivity contribution is -0.0367. The molecule has 12 nitrogen and oxygen atoms in total. The fourth-order valence-electron chi connectivity index (χ4n) is 6.85. The van der Waals surface area contributed by atoms with Crippen LogP contribution in [-0.4, -0.2) is 77.9 Å². The maximum absolute atomic E-state index is 9.91. The first-order chi connectivity index (χ1) is 21.6. The van der Waals surface area contributed by atoms with Crippen LogP contribution in [0.5, 0.6) is 11.8 Å². The van der Waals surface area contributed by atoms with Crippen LogP contribution in [0, 0.1) is 11.3 Å². The van der Waals surface area contributed by atoms with Crippen LogP contribution in [-0.2, 0) is 24.9 Å². The average molecular weight is 599 g/mol. The first-order valence-corrected chi connectivity index (χ1v) is 15.5. The summed E-state index contributed by atoms with van der Waals surface area (Å²) in [5, 5.41) is 34.5. The van der Waals surface area contributed by atoms with E-state index in [4.69, 9.17) is 24.4 Å². The van der Waals surface area contributed by atoms with Crippen molar-refractivity contribution in [3.63, 3.8) is 0 Å². The molecule has 1 aromatic carbocycles. The fourth-order valence-corrected chi connectivity index (χ4v) is 6.85. The quantitative estimate of drug-likeness (QED) is 0.360. The topological polar surface area (TPSA) is 128 Å². The van der Waals surface area contributed by atoms with Crippen molar-refractivity contribution in [2.24, 2.45) is 7.05 Å². The first-order valence-electron chi connectivity index (χ1n) is 15.5. The van der Waals surface area contributed by atoms with E-state index < -0.39 is 0 Å². The Morgan fingerprint density at radius 2 is 2.07 bits per heavy atom. The molecule has 0 spiro atoms. The fraction of sp³-hybridized carbons (Fsp3) is 0.500. The molecule has 2 saturated heterocycles. The van der Waals surface area contributed by atoms with E-state index in [9.17, 15) is 10.4 Å². The zero-order valence-corrected chi connectivity index (χ0v) is 25.2. The molecule has 1 N–H and O–H groups in total. The molecule has 3 atom stereocenters. The number of ether oxygens (including phenoxy) is 3. The van der Waals surface area contributed by atoms with E-state index in [1.807, 2.05) is 30.1 Å². The number of aromatic nitrogens is 6. The van der Waals surface area contributed by atoms with Gasteiger partial charge in [0.15, 0.2) is 12.8 Å². The molecule has 12 heteroatoms. The number of hydrogen-bond donors (Lipinski definition) is 1. The predicted octanol–water partition coefficient (Wildman–Crippen LogP) is 4.14. The van der Waals surface area contributed by atoms with Crippen LogP contribution < -0.4 is 9.47 Å². The molecular formula is C32H38N8O4. The van der Waals surface area contributed by atoms with Gasteiger partial charge in [-0.25, -0.2) is 9.36 Å². The van der Waals surface area contributed by atoms with Gasteiger partial charge in [0.1, 0.15) is 12.2 Å². The highest BCUT2D eigenvalue weighted by molar-refractivity contribution is 5.93. The molecule has 3 aromatic heterocycles. The number of nitriles is 1. The molecule has 2 unspecified atom stereocenters. The maximum atomic E-state index is 9.91. The van der Waals surface area contributed by atoms with Crippen molar-refractivity contribution in [3.8, 4) is 29.0 Å². The van der Waals surface area contributed by atoms with Gasteiger partial charge < -0.3 is 19.3 Å². The van der Waals surface area contributed by atoms with Gasteiger partial charge in [-0.05, 0) is 75.4 Å². The Balaban J connectivity index is 1.43. The van der Waals surface area contributed by atoms with E-state index in [-0.39, 0.29) is 31.6 Å². The van der Waals surface area contributed by atoms with Crippen molar-refractivity contribution >= 4 is 23.1 Å². The lowest BCUT2D eigenvalue weighted by atomic mass is 10.0. The second-order valence-electron chi connectivity index (χ2n) is 11.8. The summed E-state index contributed by atoms with van der Waals surface area (Å²) in [6.45, 7) is 4.46. The summed E-state index contributed by atoms with van der Waals surface area (Å²) < 4.78 is 24.3. The van der Waals surface area contributed by atoms with Gasteiger partial charge in [0, 0.05) is 31.6 Å². The van der Waals surface area contributed by atoms with Gasteiger partial charge in [0.2, 0.25) is 11.8 Å². The van der Waals surface area contributed by atoms with Gasteiger partial charge in [0.05, 0.1) is 47.4 Å². The normalized spacial score (nSPS) is 22.8. The molecule has 0 saturated carbocycles. The minimum atomic E-state index is -0.132. The standard InChI is InChI=1S/C32H38N8O4/c1-21-27-6-5-13-38(27)20-29-23(31(43-17-12-33)36-39(29)14-15-41)9-10-26-24-18-22(25-19-34-37(2)32(25)44-21)8-11-28(24)40(35-26)30-7-3-4-16-42-30/h8-11,18-19,21,27,30,41H,3-7,13-17,20H2,1-2H3/b10-9-/t21?,27-,30?/m1/s1. The minimum Gasteiger partial charge on any atom is -0.473 e. The number of aryl methyl sites for hydroxylation is 1. The highest BCUT2D eigenvalue weighted by Crippen LogP contribution is 2.38. The van der Waals surface area contributed by atoms with Crippen LogP contribution in [0.2, 0.25) is 0 Å². The summed E-state index contributed by atoms with van der Waals surface area (Å²) in [6, 6.07) is 8.59. The molecular weight excluding hydrogens is 560 g/mol. The molecule has 230 valence electrons. The predicted molar refractivity (Wildman–Crippen MR) is 164 cm³/mol. The Bertz CT molecular complexity index is 1720. The number of hydrogen-bond acceptors (Lipinski definition) is 9. The van der Waals surface area contributed by atoms with Crippen molar-refractivity contribution < 1.29 is 19.3 Å². The SMILES string of the molecule is CC1Oc2c(cnn2C)-c2ccc3c(c2)c(nn3C2CCCCO2)/C=C\c2c(OCC#N)nn(CCO)c2CN2CCC[C@H]12. The molecule has 0 radical (unpaired) electrons. The van der Waals surface area contributed by atoms with Crippen molar-refractivity contribution in [1.29, 1.82) is 5.26 Å². The van der Waals surface area contributed by atoms with E-state index in [2.05, 4.69) is 41.2 Å². The average Bonchev–Trinajstić information content (AvgIpc) is 3.81. The third-order valence-corrected chi connectivity index (χ3v) is 9.02. The van der Waals surface area contributed by atoms with E-state index in [1.165, 1.54) is 0 Å². The van der Waals surface area contributed by atoms with Crippen molar-refractivity contribution in [2.75, 3.05) is 26.4 Å². The Hall–Kier alpha value is -4.18. The summed E-state index contributed by atoms with van der Waals surface area (Å²) in [4.78, 5) is 2.42. The number of benzene rings is 1. The monoisotopic (exact) mass is 598 g/mol. The molecule has 0 amide bonds. The summed E-state index contributed by atoms with van der Waals surface area (Å²) in [7, 11) is 1.92. The van der Waals surface area contributed by atoms with E-state index in [0.717, 1.165) is 83.5 Å². The summed E-state index contributed by atoms with van der Waals surface area (Å²) >= 11 is 0. The molecule has 4 aromatic rings. The Kier molecular flexibility index (Phi) is 7.84. The molecule has 3 aliphatic rings. The van der Waals surface area contributed by atoms with E-state index in [1.54, 1.807) is 9.36 Å². The van der Waals surface area contributed by atoms with Gasteiger partial charge in [0.25, 0.3) is 0 Å². The molecule has 44 heavy (non-hydrogen) atoms. The number of fused-ring (bicyclic) bond motifs is 5. The number of aliphatic hydroxyl groups excluding tert-OH is 1. The van der Waals surface area contributed by atoms with Crippen molar-refractivity contribution in [1.82, 2.24) is 34.2 Å². The van der Waals surface area contributed by atoms with Crippen LogP contribution in [0.4, 0.5) is 0 Å². The Morgan fingerprint density at radius 1 is 1.16 bits per heavy atom. The van der Waals surface area contributed by atoms with Gasteiger partial charge in [-0.3, -0.25) is 9.58 Å². The van der Waals surface area contributed by atoms with E-state index in [0.29, 0.717) is 25.6 Å². The molecule has 6 heterocycles. The molecule has 2 fully saturated rings.